The molecule has 164 valence electrons. The number of guanidine groups is 1. The van der Waals surface area contributed by atoms with Crippen LogP contribution in [0.25, 0.3) is 5.69 Å². The molecule has 1 heterocycles. The smallest absolute Gasteiger partial charge is 0.213 e. The van der Waals surface area contributed by atoms with Gasteiger partial charge in [0.2, 0.25) is 10.0 Å². The van der Waals surface area contributed by atoms with Crippen molar-refractivity contribution < 1.29 is 8.42 Å². The molecule has 0 spiro atoms. The van der Waals surface area contributed by atoms with Gasteiger partial charge in [0, 0.05) is 38.4 Å². The van der Waals surface area contributed by atoms with E-state index >= 15 is 0 Å². The summed E-state index contributed by atoms with van der Waals surface area (Å²) >= 11 is 0. The van der Waals surface area contributed by atoms with Gasteiger partial charge in [-0.3, -0.25) is 4.99 Å². The third-order valence-corrected chi connectivity index (χ3v) is 6.54. The Kier molecular flexibility index (Phi) is 7.87. The number of para-hydroxylation sites is 1. The highest BCUT2D eigenvalue weighted by Crippen LogP contribution is 2.25. The summed E-state index contributed by atoms with van der Waals surface area (Å²) in [5.41, 5.74) is 2.05. The van der Waals surface area contributed by atoms with Gasteiger partial charge in [0.05, 0.1) is 24.2 Å². The van der Waals surface area contributed by atoms with Crippen molar-refractivity contribution in [2.45, 2.75) is 32.7 Å². The molecule has 2 aromatic rings. The number of aromatic nitrogens is 2. The van der Waals surface area contributed by atoms with E-state index in [0.717, 1.165) is 24.1 Å². The predicted molar refractivity (Wildman–Crippen MR) is 120 cm³/mol. The molecule has 0 atom stereocenters. The van der Waals surface area contributed by atoms with E-state index < -0.39 is 10.0 Å². The molecule has 0 bridgehead atoms. The predicted octanol–water partition coefficient (Wildman–Crippen LogP) is 1.99. The van der Waals surface area contributed by atoms with Crippen LogP contribution in [-0.2, 0) is 16.6 Å². The van der Waals surface area contributed by atoms with Gasteiger partial charge in [0.15, 0.2) is 5.96 Å². The number of rotatable bonds is 10. The van der Waals surface area contributed by atoms with E-state index in [2.05, 4.69) is 20.1 Å². The normalized spacial score (nSPS) is 15.1. The number of aliphatic imine (C=N–C) groups is 1. The van der Waals surface area contributed by atoms with Gasteiger partial charge in [-0.25, -0.2) is 17.8 Å². The first kappa shape index (κ1) is 22.3. The lowest BCUT2D eigenvalue weighted by Crippen LogP contribution is -2.39. The van der Waals surface area contributed by atoms with E-state index in [4.69, 9.17) is 0 Å². The van der Waals surface area contributed by atoms with E-state index in [-0.39, 0.29) is 12.3 Å². The molecule has 9 heteroatoms. The zero-order valence-corrected chi connectivity index (χ0v) is 18.6. The minimum atomic E-state index is -3.29. The van der Waals surface area contributed by atoms with Gasteiger partial charge in [-0.15, -0.1) is 0 Å². The average molecular weight is 433 g/mol. The Bertz CT molecular complexity index is 922. The highest BCUT2D eigenvalue weighted by molar-refractivity contribution is 7.89. The number of hydrogen-bond acceptors (Lipinski definition) is 4. The lowest BCUT2D eigenvalue weighted by atomic mass is 9.86. The largest absolute Gasteiger partial charge is 0.357 e. The van der Waals surface area contributed by atoms with Gasteiger partial charge in [-0.2, -0.15) is 5.10 Å². The van der Waals surface area contributed by atoms with Crippen molar-refractivity contribution in [2.24, 2.45) is 10.9 Å². The summed E-state index contributed by atoms with van der Waals surface area (Å²) in [4.78, 5) is 6.48. The third-order valence-electron chi connectivity index (χ3n) is 5.21. The van der Waals surface area contributed by atoms with Crippen LogP contribution < -0.4 is 10.0 Å². The lowest BCUT2D eigenvalue weighted by Gasteiger charge is -2.25. The lowest BCUT2D eigenvalue weighted by molar-refractivity contribution is 0.316. The summed E-state index contributed by atoms with van der Waals surface area (Å²) in [5, 5.41) is 7.66. The number of nitrogens with one attached hydrogen (secondary N) is 2. The van der Waals surface area contributed by atoms with Crippen molar-refractivity contribution >= 4 is 16.0 Å². The zero-order valence-electron chi connectivity index (χ0n) is 17.8. The van der Waals surface area contributed by atoms with Crippen LogP contribution in [0.3, 0.4) is 0 Å². The molecule has 0 amide bonds. The number of benzene rings is 1. The molecule has 0 radical (unpaired) electrons. The fraction of sp³-hybridized carbons (Fsp3) is 0.524. The van der Waals surface area contributed by atoms with E-state index in [1.807, 2.05) is 66.3 Å². The number of sulfonamides is 1. The van der Waals surface area contributed by atoms with Crippen LogP contribution in [0.2, 0.25) is 0 Å². The average Bonchev–Trinajstić information content (AvgIpc) is 3.15. The van der Waals surface area contributed by atoms with Crippen LogP contribution in [0.4, 0.5) is 0 Å². The summed E-state index contributed by atoms with van der Waals surface area (Å²) in [7, 11) is -1.36. The fourth-order valence-electron chi connectivity index (χ4n) is 3.27. The molecule has 0 saturated heterocycles. The number of nitrogens with zero attached hydrogens (tertiary/aromatic N) is 4. The van der Waals surface area contributed by atoms with Gasteiger partial charge in [0.25, 0.3) is 0 Å². The van der Waals surface area contributed by atoms with E-state index in [1.54, 1.807) is 0 Å². The van der Waals surface area contributed by atoms with Gasteiger partial charge < -0.3 is 10.2 Å². The Morgan fingerprint density at radius 2 is 2.07 bits per heavy atom. The van der Waals surface area contributed by atoms with Crippen molar-refractivity contribution in [1.82, 2.24) is 24.7 Å². The first-order valence-electron chi connectivity index (χ1n) is 10.5. The van der Waals surface area contributed by atoms with Crippen molar-refractivity contribution in [2.75, 3.05) is 32.4 Å². The highest BCUT2D eigenvalue weighted by atomic mass is 32.2. The standard InChI is InChI=1S/C21H32N6O2S/c1-3-22-21(23-12-13-30(28,29)25-15-18-8-7-9-18)26(2)16-19-14-24-27(17-19)20-10-5-4-6-11-20/h4-6,10-11,14,17-18,25H,3,7-9,12-13,15-16H2,1-2H3,(H,22,23). The van der Waals surface area contributed by atoms with Crippen LogP contribution in [-0.4, -0.2) is 61.5 Å². The van der Waals surface area contributed by atoms with Crippen LogP contribution in [0.5, 0.6) is 0 Å². The first-order chi connectivity index (χ1) is 14.5. The first-order valence-corrected chi connectivity index (χ1v) is 12.2. The van der Waals surface area contributed by atoms with Crippen molar-refractivity contribution in [3.8, 4) is 5.69 Å². The van der Waals surface area contributed by atoms with E-state index in [9.17, 15) is 8.42 Å². The van der Waals surface area contributed by atoms with Crippen LogP contribution in [0.1, 0.15) is 31.7 Å². The van der Waals surface area contributed by atoms with Gasteiger partial charge in [0.1, 0.15) is 0 Å². The minimum absolute atomic E-state index is 0.00556. The molecule has 0 unspecified atom stereocenters. The summed E-state index contributed by atoms with van der Waals surface area (Å²) in [6.07, 6.45) is 7.28. The Balaban J connectivity index is 1.54. The monoisotopic (exact) mass is 432 g/mol. The van der Waals surface area contributed by atoms with Gasteiger partial charge in [-0.05, 0) is 37.8 Å². The molecule has 1 aromatic carbocycles. The van der Waals surface area contributed by atoms with Crippen LogP contribution >= 0.6 is 0 Å². The third kappa shape index (κ3) is 6.56. The molecular weight excluding hydrogens is 400 g/mol. The molecule has 8 nitrogen and oxygen atoms in total. The molecule has 1 aliphatic rings. The Morgan fingerprint density at radius 1 is 1.30 bits per heavy atom. The van der Waals surface area contributed by atoms with Crippen LogP contribution in [0, 0.1) is 5.92 Å². The summed E-state index contributed by atoms with van der Waals surface area (Å²) in [5.74, 6) is 1.18. The molecule has 0 aliphatic heterocycles. The highest BCUT2D eigenvalue weighted by Gasteiger charge is 2.20. The second-order valence-corrected chi connectivity index (χ2v) is 9.61. The Labute approximate surface area is 179 Å². The van der Waals surface area contributed by atoms with Crippen molar-refractivity contribution in [3.05, 3.63) is 48.3 Å². The number of hydrogen-bond donors (Lipinski definition) is 2. The van der Waals surface area contributed by atoms with Crippen molar-refractivity contribution in [3.63, 3.8) is 0 Å². The molecule has 1 aromatic heterocycles. The quantitative estimate of drug-likeness (QED) is 0.443. The minimum Gasteiger partial charge on any atom is -0.357 e. The Hall–Kier alpha value is -2.39. The van der Waals surface area contributed by atoms with Gasteiger partial charge in [-0.1, -0.05) is 24.6 Å². The summed E-state index contributed by atoms with van der Waals surface area (Å²) in [6, 6.07) is 9.95. The van der Waals surface area contributed by atoms with Gasteiger partial charge >= 0.3 is 0 Å². The second-order valence-electron chi connectivity index (χ2n) is 7.68. The van der Waals surface area contributed by atoms with E-state index in [0.29, 0.717) is 31.5 Å². The molecule has 3 rings (SSSR count). The maximum atomic E-state index is 12.2. The molecule has 1 fully saturated rings. The molecular formula is C21H32N6O2S. The molecule has 1 saturated carbocycles. The molecule has 30 heavy (non-hydrogen) atoms. The summed E-state index contributed by atoms with van der Waals surface area (Å²) in [6.45, 7) is 4.09. The fourth-order valence-corrected chi connectivity index (χ4v) is 4.23. The molecule has 1 aliphatic carbocycles. The maximum absolute atomic E-state index is 12.2. The van der Waals surface area contributed by atoms with Crippen molar-refractivity contribution in [1.29, 1.82) is 0 Å². The van der Waals surface area contributed by atoms with E-state index in [1.165, 1.54) is 6.42 Å². The molecule has 2 N–H and O–H groups in total. The zero-order chi connectivity index (χ0) is 21.4. The maximum Gasteiger partial charge on any atom is 0.213 e. The SMILES string of the molecule is CCNC(=NCCS(=O)(=O)NCC1CCC1)N(C)Cc1cnn(-c2ccccc2)c1. The second kappa shape index (κ2) is 10.6. The van der Waals surface area contributed by atoms with Crippen LogP contribution in [0.15, 0.2) is 47.7 Å². The Morgan fingerprint density at radius 3 is 2.73 bits per heavy atom. The topological polar surface area (TPSA) is 91.6 Å². The summed E-state index contributed by atoms with van der Waals surface area (Å²) < 4.78 is 28.9.